The Kier molecular flexibility index (Phi) is 3.28. The van der Waals surface area contributed by atoms with Gasteiger partial charge in [-0.3, -0.25) is 4.84 Å². The zero-order valence-corrected chi connectivity index (χ0v) is 6.81. The normalized spacial score (nSPS) is 21.8. The first-order valence-corrected chi connectivity index (χ1v) is 4.19. The molecule has 0 radical (unpaired) electrons. The van der Waals surface area contributed by atoms with Gasteiger partial charge in [0.15, 0.2) is 0 Å². The van der Waals surface area contributed by atoms with Crippen LogP contribution in [0.5, 0.6) is 0 Å². The van der Waals surface area contributed by atoms with E-state index in [0.29, 0.717) is 0 Å². The Morgan fingerprint density at radius 1 is 1.42 bits per heavy atom. The van der Waals surface area contributed by atoms with Crippen LogP contribution in [0.4, 0.5) is 0 Å². The molecule has 0 saturated heterocycles. The van der Waals surface area contributed by atoms with Gasteiger partial charge < -0.3 is 5.11 Å². The topological polar surface area (TPSA) is 72.6 Å². The molecule has 0 spiro atoms. The van der Waals surface area contributed by atoms with Crippen molar-refractivity contribution in [1.29, 1.82) is 0 Å². The largest absolute Gasteiger partial charge is 0.368 e. The first-order valence-electron chi connectivity index (χ1n) is 4.19. The van der Waals surface area contributed by atoms with E-state index in [1.165, 1.54) is 0 Å². The third kappa shape index (κ3) is 2.65. The minimum atomic E-state index is -1.22. The van der Waals surface area contributed by atoms with Crippen LogP contribution in [0.3, 0.4) is 0 Å². The molecule has 1 aliphatic rings. The predicted octanol–water partition coefficient (Wildman–Crippen LogP) is 1.09. The predicted molar refractivity (Wildman–Crippen MR) is 40.7 cm³/mol. The van der Waals surface area contributed by atoms with E-state index in [9.17, 15) is 15.2 Å². The van der Waals surface area contributed by atoms with Crippen LogP contribution >= 0.6 is 0 Å². The van der Waals surface area contributed by atoms with Crippen LogP contribution in [0.15, 0.2) is 0 Å². The molecule has 1 atom stereocenters. The molecule has 0 heterocycles. The fraction of sp³-hybridized carbons (Fsp3) is 1.00. The molecule has 12 heavy (non-hydrogen) atoms. The van der Waals surface area contributed by atoms with Crippen molar-refractivity contribution in [1.82, 2.24) is 0 Å². The number of hydrogen-bond donors (Lipinski definition) is 1. The molecule has 1 aliphatic carbocycles. The van der Waals surface area contributed by atoms with E-state index in [0.717, 1.165) is 32.1 Å². The second kappa shape index (κ2) is 4.25. The minimum Gasteiger partial charge on any atom is -0.368 e. The highest BCUT2D eigenvalue weighted by molar-refractivity contribution is 4.66. The SMILES string of the molecule is O=[N+]([O-])OC(O)C1CCCCC1. The van der Waals surface area contributed by atoms with E-state index >= 15 is 0 Å². The Labute approximate surface area is 70.4 Å². The van der Waals surface area contributed by atoms with Gasteiger partial charge in [0.05, 0.1) is 0 Å². The molecule has 1 unspecified atom stereocenters. The quantitative estimate of drug-likeness (QED) is 0.396. The van der Waals surface area contributed by atoms with Crippen LogP contribution in [0.25, 0.3) is 0 Å². The molecule has 5 heteroatoms. The molecule has 1 fully saturated rings. The highest BCUT2D eigenvalue weighted by Crippen LogP contribution is 2.26. The summed E-state index contributed by atoms with van der Waals surface area (Å²) >= 11 is 0. The summed E-state index contributed by atoms with van der Waals surface area (Å²) in [5.74, 6) is -0.0517. The molecule has 0 aromatic heterocycles. The van der Waals surface area contributed by atoms with Gasteiger partial charge in [0.25, 0.3) is 5.09 Å². The maximum absolute atomic E-state index is 9.88. The molecule has 1 rings (SSSR count). The van der Waals surface area contributed by atoms with Crippen molar-refractivity contribution in [3.63, 3.8) is 0 Å². The molecule has 1 N–H and O–H groups in total. The first-order chi connectivity index (χ1) is 5.70. The highest BCUT2D eigenvalue weighted by Gasteiger charge is 2.24. The maximum Gasteiger partial charge on any atom is 0.297 e. The monoisotopic (exact) mass is 175 g/mol. The Bertz CT molecular complexity index is 155. The van der Waals surface area contributed by atoms with Crippen molar-refractivity contribution in [3.8, 4) is 0 Å². The molecular formula is C7H13NO4. The molecule has 0 aromatic carbocycles. The number of aliphatic hydroxyl groups is 1. The Balaban J connectivity index is 2.29. The summed E-state index contributed by atoms with van der Waals surface area (Å²) < 4.78 is 0. The molecule has 1 saturated carbocycles. The lowest BCUT2D eigenvalue weighted by Crippen LogP contribution is -2.27. The van der Waals surface area contributed by atoms with Crippen molar-refractivity contribution in [2.45, 2.75) is 38.4 Å². The third-order valence-corrected chi connectivity index (χ3v) is 2.25. The first kappa shape index (κ1) is 9.25. The summed E-state index contributed by atoms with van der Waals surface area (Å²) in [5.41, 5.74) is 0. The van der Waals surface area contributed by atoms with Gasteiger partial charge in [-0.2, -0.15) is 0 Å². The van der Waals surface area contributed by atoms with Gasteiger partial charge >= 0.3 is 0 Å². The summed E-state index contributed by atoms with van der Waals surface area (Å²) in [5, 5.41) is 18.1. The summed E-state index contributed by atoms with van der Waals surface area (Å²) in [7, 11) is 0. The average Bonchev–Trinajstić information content (AvgIpc) is 2.05. The standard InChI is InChI=1S/C7H13NO4/c9-7(12-8(10)11)6-4-2-1-3-5-6/h6-7,9H,1-5H2. The molecule has 0 amide bonds. The summed E-state index contributed by atoms with van der Waals surface area (Å²) in [6.45, 7) is 0. The fourth-order valence-corrected chi connectivity index (χ4v) is 1.59. The van der Waals surface area contributed by atoms with E-state index in [1.54, 1.807) is 0 Å². The third-order valence-electron chi connectivity index (χ3n) is 2.25. The zero-order valence-electron chi connectivity index (χ0n) is 6.81. The molecule has 0 aromatic rings. The van der Waals surface area contributed by atoms with Crippen LogP contribution in [0.1, 0.15) is 32.1 Å². The van der Waals surface area contributed by atoms with E-state index in [-0.39, 0.29) is 5.92 Å². The van der Waals surface area contributed by atoms with Gasteiger partial charge in [-0.15, -0.1) is 10.1 Å². The van der Waals surface area contributed by atoms with Crippen molar-refractivity contribution in [2.24, 2.45) is 5.92 Å². The van der Waals surface area contributed by atoms with Crippen molar-refractivity contribution in [3.05, 3.63) is 10.1 Å². The van der Waals surface area contributed by atoms with E-state index < -0.39 is 11.4 Å². The fourth-order valence-electron chi connectivity index (χ4n) is 1.59. The molecule has 70 valence electrons. The average molecular weight is 175 g/mol. The lowest BCUT2D eigenvalue weighted by Gasteiger charge is -2.24. The number of hydrogen-bond acceptors (Lipinski definition) is 4. The van der Waals surface area contributed by atoms with Gasteiger partial charge in [-0.1, -0.05) is 19.3 Å². The summed E-state index contributed by atoms with van der Waals surface area (Å²) in [6.07, 6.45) is 3.65. The highest BCUT2D eigenvalue weighted by atomic mass is 17.0. The molecule has 0 aliphatic heterocycles. The zero-order chi connectivity index (χ0) is 8.97. The lowest BCUT2D eigenvalue weighted by atomic mass is 9.89. The van der Waals surface area contributed by atoms with Crippen molar-refractivity contribution < 1.29 is 15.0 Å². The summed E-state index contributed by atoms with van der Waals surface area (Å²) in [4.78, 5) is 13.9. The van der Waals surface area contributed by atoms with Crippen LogP contribution in [0, 0.1) is 16.0 Å². The minimum absolute atomic E-state index is 0.0517. The van der Waals surface area contributed by atoms with E-state index in [1.807, 2.05) is 0 Å². The lowest BCUT2D eigenvalue weighted by molar-refractivity contribution is -0.782. The van der Waals surface area contributed by atoms with Gasteiger partial charge in [-0.05, 0) is 12.8 Å². The smallest absolute Gasteiger partial charge is 0.297 e. The van der Waals surface area contributed by atoms with Gasteiger partial charge in [0.2, 0.25) is 6.29 Å². The maximum atomic E-state index is 9.88. The Hall–Kier alpha value is -0.840. The van der Waals surface area contributed by atoms with Gasteiger partial charge in [0, 0.05) is 5.92 Å². The van der Waals surface area contributed by atoms with Crippen LogP contribution < -0.4 is 0 Å². The van der Waals surface area contributed by atoms with Crippen molar-refractivity contribution in [2.75, 3.05) is 0 Å². The van der Waals surface area contributed by atoms with Crippen LogP contribution in [-0.2, 0) is 4.84 Å². The van der Waals surface area contributed by atoms with Gasteiger partial charge in [0.1, 0.15) is 0 Å². The molecule has 5 nitrogen and oxygen atoms in total. The summed E-state index contributed by atoms with van der Waals surface area (Å²) in [6, 6.07) is 0. The van der Waals surface area contributed by atoms with Crippen LogP contribution in [0.2, 0.25) is 0 Å². The van der Waals surface area contributed by atoms with E-state index in [2.05, 4.69) is 4.84 Å². The van der Waals surface area contributed by atoms with E-state index in [4.69, 9.17) is 0 Å². The molecular weight excluding hydrogens is 162 g/mol. The number of aliphatic hydroxyl groups excluding tert-OH is 1. The number of rotatable bonds is 3. The van der Waals surface area contributed by atoms with Gasteiger partial charge in [-0.25, -0.2) is 0 Å². The second-order valence-electron chi connectivity index (χ2n) is 3.12. The molecule has 0 bridgehead atoms. The van der Waals surface area contributed by atoms with Crippen LogP contribution in [-0.4, -0.2) is 16.5 Å². The Morgan fingerprint density at radius 2 is 2.00 bits per heavy atom. The van der Waals surface area contributed by atoms with Crippen molar-refractivity contribution >= 4 is 0 Å². The second-order valence-corrected chi connectivity index (χ2v) is 3.12. The number of nitrogens with zero attached hydrogens (tertiary/aromatic N) is 1. The Morgan fingerprint density at radius 3 is 2.50 bits per heavy atom.